The minimum Gasteiger partial charge on any atom is -0.495 e. The van der Waals surface area contributed by atoms with Gasteiger partial charge in [-0.05, 0) is 49.7 Å². The fourth-order valence-corrected chi connectivity index (χ4v) is 3.92. The van der Waals surface area contributed by atoms with Crippen LogP contribution in [0.2, 0.25) is 10.0 Å². The van der Waals surface area contributed by atoms with E-state index in [1.807, 2.05) is 0 Å². The second-order valence-electron chi connectivity index (χ2n) is 5.62. The van der Waals surface area contributed by atoms with Crippen LogP contribution < -0.4 is 14.8 Å². The lowest BCUT2D eigenvalue weighted by Gasteiger charge is -2.16. The Morgan fingerprint density at radius 2 is 1.81 bits per heavy atom. The highest BCUT2D eigenvalue weighted by Gasteiger charge is 2.25. The molecule has 9 heteroatoms. The molecule has 0 fully saturated rings. The van der Waals surface area contributed by atoms with Crippen molar-refractivity contribution in [1.29, 1.82) is 0 Å². The van der Waals surface area contributed by atoms with Crippen molar-refractivity contribution in [3.63, 3.8) is 0 Å². The van der Waals surface area contributed by atoms with E-state index < -0.39 is 22.0 Å². The van der Waals surface area contributed by atoms with Crippen LogP contribution in [0.25, 0.3) is 0 Å². The standard InChI is InChI=1S/C17H18Cl2N2O4S/c1-10-4-7-15(25-3)16(8-10)26(23,24)21-11(2)17(22)20-12-5-6-13(18)14(19)9-12/h4-9,11,21H,1-3H3,(H,20,22)/t11-/m1/s1. The third-order valence-electron chi connectivity index (χ3n) is 3.52. The Balaban J connectivity index is 2.17. The maximum Gasteiger partial charge on any atom is 0.244 e. The average Bonchev–Trinajstić information content (AvgIpc) is 2.57. The molecule has 1 amide bonds. The lowest BCUT2D eigenvalue weighted by atomic mass is 10.2. The number of hydrogen-bond acceptors (Lipinski definition) is 4. The summed E-state index contributed by atoms with van der Waals surface area (Å²) in [6.07, 6.45) is 0. The number of benzene rings is 2. The SMILES string of the molecule is COc1ccc(C)cc1S(=O)(=O)N[C@H](C)C(=O)Nc1ccc(Cl)c(Cl)c1. The average molecular weight is 417 g/mol. The number of anilines is 1. The number of aryl methyl sites for hydroxylation is 1. The van der Waals surface area contributed by atoms with Gasteiger partial charge in [-0.3, -0.25) is 4.79 Å². The van der Waals surface area contributed by atoms with Gasteiger partial charge in [0.1, 0.15) is 10.6 Å². The summed E-state index contributed by atoms with van der Waals surface area (Å²) in [5.74, 6) is -0.348. The van der Waals surface area contributed by atoms with Gasteiger partial charge in [-0.25, -0.2) is 8.42 Å². The molecule has 26 heavy (non-hydrogen) atoms. The van der Waals surface area contributed by atoms with Crippen molar-refractivity contribution in [2.75, 3.05) is 12.4 Å². The first-order valence-corrected chi connectivity index (χ1v) is 9.81. The number of halogens is 2. The fraction of sp³-hybridized carbons (Fsp3) is 0.235. The van der Waals surface area contributed by atoms with Crippen LogP contribution in [0.4, 0.5) is 5.69 Å². The summed E-state index contributed by atoms with van der Waals surface area (Å²) in [5, 5.41) is 3.22. The molecule has 0 heterocycles. The predicted molar refractivity (Wildman–Crippen MR) is 103 cm³/mol. The zero-order valence-electron chi connectivity index (χ0n) is 14.3. The lowest BCUT2D eigenvalue weighted by Crippen LogP contribution is -2.41. The number of amides is 1. The Labute approximate surface area is 162 Å². The zero-order valence-corrected chi connectivity index (χ0v) is 16.7. The highest BCUT2D eigenvalue weighted by molar-refractivity contribution is 7.89. The Bertz CT molecular complexity index is 932. The number of carbonyl (C=O) groups excluding carboxylic acids is 1. The summed E-state index contributed by atoms with van der Waals surface area (Å²) in [5.41, 5.74) is 1.16. The summed E-state index contributed by atoms with van der Waals surface area (Å²) in [6.45, 7) is 3.20. The number of rotatable bonds is 6. The van der Waals surface area contributed by atoms with Gasteiger partial charge in [-0.15, -0.1) is 0 Å². The number of nitrogens with one attached hydrogen (secondary N) is 2. The van der Waals surface area contributed by atoms with Crippen LogP contribution in [0, 0.1) is 6.92 Å². The first kappa shape index (κ1) is 20.5. The molecule has 0 unspecified atom stereocenters. The fourth-order valence-electron chi connectivity index (χ4n) is 2.17. The molecule has 0 aliphatic heterocycles. The van der Waals surface area contributed by atoms with E-state index in [-0.39, 0.29) is 15.7 Å². The van der Waals surface area contributed by atoms with Crippen LogP contribution in [-0.4, -0.2) is 27.5 Å². The van der Waals surface area contributed by atoms with Gasteiger partial charge < -0.3 is 10.1 Å². The van der Waals surface area contributed by atoms with Crippen LogP contribution in [-0.2, 0) is 14.8 Å². The summed E-state index contributed by atoms with van der Waals surface area (Å²) in [6, 6.07) is 8.32. The monoisotopic (exact) mass is 416 g/mol. The summed E-state index contributed by atoms with van der Waals surface area (Å²) in [4.78, 5) is 12.3. The molecule has 0 saturated heterocycles. The highest BCUT2D eigenvalue weighted by atomic mass is 35.5. The van der Waals surface area contributed by atoms with E-state index in [1.165, 1.54) is 32.2 Å². The van der Waals surface area contributed by atoms with E-state index in [0.717, 1.165) is 5.56 Å². The molecule has 6 nitrogen and oxygen atoms in total. The van der Waals surface area contributed by atoms with Gasteiger partial charge in [0.15, 0.2) is 0 Å². The van der Waals surface area contributed by atoms with Crippen LogP contribution in [0.15, 0.2) is 41.3 Å². The molecular formula is C17H18Cl2N2O4S. The van der Waals surface area contributed by atoms with E-state index in [2.05, 4.69) is 10.0 Å². The van der Waals surface area contributed by atoms with Gasteiger partial charge in [-0.1, -0.05) is 29.3 Å². The number of methoxy groups -OCH3 is 1. The third-order valence-corrected chi connectivity index (χ3v) is 5.82. The molecule has 2 aromatic rings. The van der Waals surface area contributed by atoms with E-state index >= 15 is 0 Å². The maximum absolute atomic E-state index is 12.6. The second-order valence-corrected chi connectivity index (χ2v) is 8.11. The Kier molecular flexibility index (Phi) is 6.52. The Morgan fingerprint density at radius 1 is 1.12 bits per heavy atom. The van der Waals surface area contributed by atoms with Crippen molar-refractivity contribution in [1.82, 2.24) is 4.72 Å². The quantitative estimate of drug-likeness (QED) is 0.752. The lowest BCUT2D eigenvalue weighted by molar-refractivity contribution is -0.117. The smallest absolute Gasteiger partial charge is 0.244 e. The van der Waals surface area contributed by atoms with Crippen molar-refractivity contribution in [3.8, 4) is 5.75 Å². The molecular weight excluding hydrogens is 399 g/mol. The molecule has 1 atom stereocenters. The molecule has 0 saturated carbocycles. The number of sulfonamides is 1. The van der Waals surface area contributed by atoms with Crippen molar-refractivity contribution < 1.29 is 17.9 Å². The highest BCUT2D eigenvalue weighted by Crippen LogP contribution is 2.26. The van der Waals surface area contributed by atoms with Gasteiger partial charge >= 0.3 is 0 Å². The van der Waals surface area contributed by atoms with Crippen LogP contribution in [0.3, 0.4) is 0 Å². The predicted octanol–water partition coefficient (Wildman–Crippen LogP) is 3.62. The van der Waals surface area contributed by atoms with Gasteiger partial charge in [0.2, 0.25) is 15.9 Å². The summed E-state index contributed by atoms with van der Waals surface area (Å²) in [7, 11) is -2.58. The van der Waals surface area contributed by atoms with Crippen LogP contribution in [0.1, 0.15) is 12.5 Å². The molecule has 0 spiro atoms. The van der Waals surface area contributed by atoms with Crippen molar-refractivity contribution in [3.05, 3.63) is 52.0 Å². The molecule has 2 rings (SSSR count). The number of ether oxygens (including phenoxy) is 1. The normalized spacial score (nSPS) is 12.5. The molecule has 0 aromatic heterocycles. The Morgan fingerprint density at radius 3 is 2.42 bits per heavy atom. The van der Waals surface area contributed by atoms with Gasteiger partial charge in [0.25, 0.3) is 0 Å². The Hall–Kier alpha value is -1.80. The van der Waals surface area contributed by atoms with Gasteiger partial charge in [-0.2, -0.15) is 4.72 Å². The molecule has 0 radical (unpaired) electrons. The van der Waals surface area contributed by atoms with Crippen molar-refractivity contribution in [2.24, 2.45) is 0 Å². The zero-order chi connectivity index (χ0) is 19.5. The van der Waals surface area contributed by atoms with E-state index in [1.54, 1.807) is 25.1 Å². The number of carbonyl (C=O) groups is 1. The molecule has 2 N–H and O–H groups in total. The number of hydrogen-bond donors (Lipinski definition) is 2. The van der Waals surface area contributed by atoms with Crippen LogP contribution >= 0.6 is 23.2 Å². The molecule has 0 bridgehead atoms. The minimum atomic E-state index is -3.96. The molecule has 140 valence electrons. The van der Waals surface area contributed by atoms with E-state index in [4.69, 9.17) is 27.9 Å². The van der Waals surface area contributed by atoms with Crippen LogP contribution in [0.5, 0.6) is 5.75 Å². The molecule has 0 aliphatic rings. The third kappa shape index (κ3) is 4.88. The van der Waals surface area contributed by atoms with E-state index in [0.29, 0.717) is 10.7 Å². The topological polar surface area (TPSA) is 84.5 Å². The maximum atomic E-state index is 12.6. The summed E-state index contributed by atoms with van der Waals surface area (Å²) >= 11 is 11.7. The first-order chi connectivity index (χ1) is 12.1. The largest absolute Gasteiger partial charge is 0.495 e. The van der Waals surface area contributed by atoms with Gasteiger partial charge in [0.05, 0.1) is 23.2 Å². The van der Waals surface area contributed by atoms with Crippen molar-refractivity contribution >= 4 is 44.8 Å². The van der Waals surface area contributed by atoms with E-state index in [9.17, 15) is 13.2 Å². The minimum absolute atomic E-state index is 0.0332. The van der Waals surface area contributed by atoms with Crippen molar-refractivity contribution in [2.45, 2.75) is 24.8 Å². The van der Waals surface area contributed by atoms with Gasteiger partial charge in [0, 0.05) is 5.69 Å². The second kappa shape index (κ2) is 8.26. The molecule has 0 aliphatic carbocycles. The summed E-state index contributed by atoms with van der Waals surface area (Å²) < 4.78 is 32.7. The first-order valence-electron chi connectivity index (χ1n) is 7.57. The molecule has 2 aromatic carbocycles.